The Kier molecular flexibility index (Phi) is 8.84. The van der Waals surface area contributed by atoms with Crippen LogP contribution in [0.3, 0.4) is 0 Å². The standard InChI is InChI=1S/C36H40FN7O2/c1-4-32(45)44-19-18-43(21-27(44)12-15-38)34-28-13-17-42(31-11-6-10-26-9-5-8-25(2)33(26)31)22-30(28)40-35(29(34)20-39)46-24-36(37)14-7-16-41(3)23-36/h4-6,8-11,27H,1,7,12-14,16-19,21-24H2,2-3H3/t27-,36-/m0/s1. The average Bonchev–Trinajstić information content (AvgIpc) is 3.06. The van der Waals surface area contributed by atoms with E-state index in [1.807, 2.05) is 11.9 Å². The quantitative estimate of drug-likeness (QED) is 0.344. The van der Waals surface area contributed by atoms with Gasteiger partial charge < -0.3 is 24.3 Å². The minimum Gasteiger partial charge on any atom is -0.473 e. The molecule has 4 heterocycles. The monoisotopic (exact) mass is 621 g/mol. The molecule has 10 heteroatoms. The molecule has 1 amide bonds. The van der Waals surface area contributed by atoms with E-state index in [4.69, 9.17) is 9.72 Å². The number of amides is 1. The van der Waals surface area contributed by atoms with Gasteiger partial charge in [-0.2, -0.15) is 10.5 Å². The number of anilines is 2. The summed E-state index contributed by atoms with van der Waals surface area (Å²) >= 11 is 0. The first-order chi connectivity index (χ1) is 22.2. The van der Waals surface area contributed by atoms with E-state index in [0.717, 1.165) is 42.1 Å². The largest absolute Gasteiger partial charge is 0.473 e. The minimum atomic E-state index is -1.54. The van der Waals surface area contributed by atoms with Crippen molar-refractivity contribution in [3.8, 4) is 18.0 Å². The predicted molar refractivity (Wildman–Crippen MR) is 177 cm³/mol. The van der Waals surface area contributed by atoms with Crippen molar-refractivity contribution in [3.63, 3.8) is 0 Å². The lowest BCUT2D eigenvalue weighted by Crippen LogP contribution is -2.55. The van der Waals surface area contributed by atoms with Gasteiger partial charge >= 0.3 is 0 Å². The number of nitrogens with zero attached hydrogens (tertiary/aromatic N) is 7. The Bertz CT molecular complexity index is 1740. The Balaban J connectivity index is 1.41. The van der Waals surface area contributed by atoms with Gasteiger partial charge in [-0.1, -0.05) is 36.9 Å². The SMILES string of the molecule is C=CC(=O)N1CCN(c2c(C#N)c(OC[C@]3(F)CCCN(C)C3)nc3c2CCN(c2cccc4cccc(C)c24)C3)C[C@@H]1CC#N. The zero-order valence-corrected chi connectivity index (χ0v) is 26.6. The first-order valence-electron chi connectivity index (χ1n) is 16.0. The van der Waals surface area contributed by atoms with Crippen LogP contribution in [0.1, 0.15) is 41.6 Å². The number of piperidine rings is 1. The number of piperazine rings is 1. The molecule has 2 aromatic carbocycles. The number of carbonyl (C=O) groups excluding carboxylic acids is 1. The fourth-order valence-corrected chi connectivity index (χ4v) is 7.43. The van der Waals surface area contributed by atoms with E-state index < -0.39 is 5.67 Å². The molecule has 3 aliphatic rings. The highest BCUT2D eigenvalue weighted by Gasteiger charge is 2.38. The van der Waals surface area contributed by atoms with Crippen molar-refractivity contribution in [1.29, 1.82) is 10.5 Å². The van der Waals surface area contributed by atoms with Crippen molar-refractivity contribution in [3.05, 3.63) is 71.4 Å². The molecule has 3 aliphatic heterocycles. The maximum absolute atomic E-state index is 15.9. The van der Waals surface area contributed by atoms with Crippen LogP contribution in [0, 0.1) is 29.6 Å². The fraction of sp³-hybridized carbons (Fsp3) is 0.444. The number of likely N-dealkylation sites (tertiary alicyclic amines) is 1. The van der Waals surface area contributed by atoms with Crippen LogP contribution in [-0.4, -0.2) is 85.3 Å². The number of benzene rings is 2. The maximum atomic E-state index is 15.9. The summed E-state index contributed by atoms with van der Waals surface area (Å²) in [6.45, 7) is 9.11. The summed E-state index contributed by atoms with van der Waals surface area (Å²) in [6.07, 6.45) is 3.19. The third-order valence-electron chi connectivity index (χ3n) is 9.61. The van der Waals surface area contributed by atoms with Gasteiger partial charge in [-0.25, -0.2) is 9.37 Å². The number of hydrogen-bond acceptors (Lipinski definition) is 8. The van der Waals surface area contributed by atoms with Crippen molar-refractivity contribution in [1.82, 2.24) is 14.8 Å². The summed E-state index contributed by atoms with van der Waals surface area (Å²) in [7, 11) is 1.90. The average molecular weight is 622 g/mol. The van der Waals surface area contributed by atoms with E-state index in [9.17, 15) is 15.3 Å². The van der Waals surface area contributed by atoms with Crippen LogP contribution in [0.15, 0.2) is 49.1 Å². The number of ether oxygens (including phenoxy) is 1. The topological polar surface area (TPSA) is 99.7 Å². The number of hydrogen-bond donors (Lipinski definition) is 0. The molecule has 9 nitrogen and oxygen atoms in total. The zero-order valence-electron chi connectivity index (χ0n) is 26.6. The number of nitriles is 2. The molecule has 0 spiro atoms. The molecule has 0 aliphatic carbocycles. The van der Waals surface area contributed by atoms with Crippen molar-refractivity contribution in [2.75, 3.05) is 62.7 Å². The van der Waals surface area contributed by atoms with E-state index >= 15 is 4.39 Å². The second kappa shape index (κ2) is 13.0. The molecule has 238 valence electrons. The summed E-state index contributed by atoms with van der Waals surface area (Å²) in [5.41, 5.74) is 3.52. The number of alkyl halides is 1. The molecule has 2 saturated heterocycles. The van der Waals surface area contributed by atoms with Crippen LogP contribution in [0.2, 0.25) is 0 Å². The van der Waals surface area contributed by atoms with Crippen LogP contribution < -0.4 is 14.5 Å². The van der Waals surface area contributed by atoms with Gasteiger partial charge in [-0.05, 0) is 62.9 Å². The first-order valence-corrected chi connectivity index (χ1v) is 16.0. The first kappa shape index (κ1) is 31.3. The van der Waals surface area contributed by atoms with Crippen LogP contribution >= 0.6 is 0 Å². The van der Waals surface area contributed by atoms with Gasteiger partial charge in [-0.15, -0.1) is 0 Å². The van der Waals surface area contributed by atoms with Gasteiger partial charge in [0.1, 0.15) is 18.2 Å². The van der Waals surface area contributed by atoms with Gasteiger partial charge in [-0.3, -0.25) is 4.79 Å². The third kappa shape index (κ3) is 5.98. The molecule has 46 heavy (non-hydrogen) atoms. The number of halogens is 1. The predicted octanol–water partition coefficient (Wildman–Crippen LogP) is 4.91. The number of fused-ring (bicyclic) bond motifs is 2. The molecule has 0 bridgehead atoms. The molecule has 2 atom stereocenters. The van der Waals surface area contributed by atoms with E-state index in [0.29, 0.717) is 39.0 Å². The molecule has 3 aromatic rings. The zero-order chi connectivity index (χ0) is 32.4. The fourth-order valence-electron chi connectivity index (χ4n) is 7.43. The molecular weight excluding hydrogens is 581 g/mol. The van der Waals surface area contributed by atoms with Gasteiger partial charge in [0.25, 0.3) is 0 Å². The summed E-state index contributed by atoms with van der Waals surface area (Å²) in [4.78, 5) is 25.6. The molecule has 0 saturated carbocycles. The summed E-state index contributed by atoms with van der Waals surface area (Å²) in [5, 5.41) is 22.5. The van der Waals surface area contributed by atoms with Crippen molar-refractivity contribution in [2.45, 2.75) is 50.9 Å². The van der Waals surface area contributed by atoms with Crippen molar-refractivity contribution < 1.29 is 13.9 Å². The number of aromatic nitrogens is 1. The highest BCUT2D eigenvalue weighted by atomic mass is 19.1. The third-order valence-corrected chi connectivity index (χ3v) is 9.61. The van der Waals surface area contributed by atoms with E-state index in [-0.39, 0.29) is 43.0 Å². The lowest BCUT2D eigenvalue weighted by molar-refractivity contribution is -0.128. The normalized spacial score (nSPS) is 21.8. The number of pyridine rings is 1. The van der Waals surface area contributed by atoms with E-state index in [1.54, 1.807) is 4.90 Å². The smallest absolute Gasteiger partial charge is 0.246 e. The molecule has 0 unspecified atom stereocenters. The second-order valence-electron chi connectivity index (χ2n) is 12.8. The minimum absolute atomic E-state index is 0.138. The maximum Gasteiger partial charge on any atom is 0.246 e. The van der Waals surface area contributed by atoms with E-state index in [2.05, 4.69) is 71.8 Å². The number of carbonyl (C=O) groups is 1. The van der Waals surface area contributed by atoms with Gasteiger partial charge in [0.2, 0.25) is 11.8 Å². The summed E-state index contributed by atoms with van der Waals surface area (Å²) in [6, 6.07) is 16.8. The number of rotatable bonds is 7. The van der Waals surface area contributed by atoms with E-state index in [1.165, 1.54) is 22.4 Å². The highest BCUT2D eigenvalue weighted by Crippen LogP contribution is 2.40. The Morgan fingerprint density at radius 3 is 2.72 bits per heavy atom. The van der Waals surface area contributed by atoms with Crippen LogP contribution in [0.25, 0.3) is 10.8 Å². The molecule has 0 radical (unpaired) electrons. The van der Waals surface area contributed by atoms with Gasteiger partial charge in [0.15, 0.2) is 5.67 Å². The van der Waals surface area contributed by atoms with Crippen molar-refractivity contribution >= 4 is 28.1 Å². The van der Waals surface area contributed by atoms with Crippen LogP contribution in [0.4, 0.5) is 15.8 Å². The Morgan fingerprint density at radius 2 is 1.98 bits per heavy atom. The molecule has 2 fully saturated rings. The molecule has 6 rings (SSSR count). The Morgan fingerprint density at radius 1 is 1.17 bits per heavy atom. The highest BCUT2D eigenvalue weighted by molar-refractivity contribution is 5.97. The van der Waals surface area contributed by atoms with Crippen LogP contribution in [0.5, 0.6) is 5.88 Å². The Hall–Kier alpha value is -4.67. The second-order valence-corrected chi connectivity index (χ2v) is 12.8. The summed E-state index contributed by atoms with van der Waals surface area (Å²) < 4.78 is 22.1. The molecular formula is C36H40FN7O2. The molecule has 0 N–H and O–H groups in total. The molecule has 1 aromatic heterocycles. The summed E-state index contributed by atoms with van der Waals surface area (Å²) in [5.74, 6) is -0.0771. The Labute approximate surface area is 270 Å². The van der Waals surface area contributed by atoms with Crippen LogP contribution in [-0.2, 0) is 17.8 Å². The van der Waals surface area contributed by atoms with Crippen molar-refractivity contribution in [2.24, 2.45) is 0 Å². The lowest BCUT2D eigenvalue weighted by atomic mass is 9.95. The van der Waals surface area contributed by atoms with Gasteiger partial charge in [0, 0.05) is 49.4 Å². The van der Waals surface area contributed by atoms with Gasteiger partial charge in [0.05, 0.1) is 36.5 Å². The number of aryl methyl sites for hydroxylation is 1. The lowest BCUT2D eigenvalue weighted by Gasteiger charge is -2.43.